The summed E-state index contributed by atoms with van der Waals surface area (Å²) in [6, 6.07) is 7.25. The van der Waals surface area contributed by atoms with Crippen LogP contribution in [0.1, 0.15) is 22.3 Å². The second-order valence-corrected chi connectivity index (χ2v) is 6.74. The van der Waals surface area contributed by atoms with Gasteiger partial charge in [-0.05, 0) is 23.6 Å². The molecule has 1 atom stereocenters. The SMILES string of the molecule is NC(=O)Nc1sc(-c2ccc(COCC[C@H](N)C(=O)O)cc2)cc1C(N)=O. The molecule has 0 unspecified atom stereocenters. The van der Waals surface area contributed by atoms with Crippen molar-refractivity contribution in [2.45, 2.75) is 19.1 Å². The fourth-order valence-corrected chi connectivity index (χ4v) is 3.28. The molecule has 1 heterocycles. The van der Waals surface area contributed by atoms with Gasteiger partial charge >= 0.3 is 12.0 Å². The molecular formula is C17H20N4O5S. The van der Waals surface area contributed by atoms with Gasteiger partial charge in [0.25, 0.3) is 5.91 Å². The fraction of sp³-hybridized carbons (Fsp3) is 0.235. The minimum absolute atomic E-state index is 0.191. The number of ether oxygens (including phenoxy) is 1. The summed E-state index contributed by atoms with van der Waals surface area (Å²) < 4.78 is 5.42. The monoisotopic (exact) mass is 392 g/mol. The van der Waals surface area contributed by atoms with Crippen molar-refractivity contribution >= 4 is 34.2 Å². The van der Waals surface area contributed by atoms with Crippen LogP contribution in [0.5, 0.6) is 0 Å². The van der Waals surface area contributed by atoms with Crippen molar-refractivity contribution in [2.24, 2.45) is 17.2 Å². The molecule has 0 aliphatic rings. The molecule has 27 heavy (non-hydrogen) atoms. The number of carbonyl (C=O) groups is 3. The standard InChI is InChI=1S/C17H20N4O5S/c18-12(16(23)24)5-6-26-8-9-1-3-10(4-2-9)13-7-11(14(19)22)15(27-13)21-17(20)25/h1-4,7,12H,5-6,8,18H2,(H2,19,22)(H,23,24)(H3,20,21,25)/t12-/m0/s1. The summed E-state index contributed by atoms with van der Waals surface area (Å²) in [6.07, 6.45) is 0.230. The highest BCUT2D eigenvalue weighted by Crippen LogP contribution is 2.35. The molecule has 1 aromatic heterocycles. The molecular weight excluding hydrogens is 372 g/mol. The Hall–Kier alpha value is -2.95. The molecule has 3 amide bonds. The van der Waals surface area contributed by atoms with Crippen molar-refractivity contribution in [1.29, 1.82) is 0 Å². The first-order chi connectivity index (χ1) is 12.8. The zero-order valence-electron chi connectivity index (χ0n) is 14.3. The molecule has 0 saturated heterocycles. The van der Waals surface area contributed by atoms with Gasteiger partial charge in [-0.25, -0.2) is 4.79 Å². The Bertz CT molecular complexity index is 834. The highest BCUT2D eigenvalue weighted by Gasteiger charge is 2.16. The van der Waals surface area contributed by atoms with E-state index in [0.29, 0.717) is 11.6 Å². The molecule has 2 aromatic rings. The normalized spacial score (nSPS) is 11.7. The number of rotatable bonds is 9. The van der Waals surface area contributed by atoms with Gasteiger partial charge in [0.1, 0.15) is 11.0 Å². The molecule has 10 heteroatoms. The second kappa shape index (κ2) is 9.12. The number of carboxylic acid groups (broad SMARTS) is 1. The molecule has 0 fully saturated rings. The summed E-state index contributed by atoms with van der Waals surface area (Å²) in [6.45, 7) is 0.558. The topological polar surface area (TPSA) is 171 Å². The minimum Gasteiger partial charge on any atom is -0.480 e. The summed E-state index contributed by atoms with van der Waals surface area (Å²) in [5.74, 6) is -1.72. The van der Waals surface area contributed by atoms with Crippen LogP contribution < -0.4 is 22.5 Å². The van der Waals surface area contributed by atoms with E-state index >= 15 is 0 Å². The maximum atomic E-state index is 11.5. The minimum atomic E-state index is -1.06. The van der Waals surface area contributed by atoms with Crippen LogP contribution in [0.3, 0.4) is 0 Å². The molecule has 0 bridgehead atoms. The number of aliphatic carboxylic acids is 1. The predicted octanol–water partition coefficient (Wildman–Crippen LogP) is 1.32. The van der Waals surface area contributed by atoms with Crippen LogP contribution in [-0.2, 0) is 16.1 Å². The summed E-state index contributed by atoms with van der Waals surface area (Å²) >= 11 is 1.19. The smallest absolute Gasteiger partial charge is 0.320 e. The first-order valence-electron chi connectivity index (χ1n) is 7.93. The van der Waals surface area contributed by atoms with Gasteiger partial charge in [-0.2, -0.15) is 0 Å². The third kappa shape index (κ3) is 5.78. The average Bonchev–Trinajstić information content (AvgIpc) is 3.02. The predicted molar refractivity (Wildman–Crippen MR) is 101 cm³/mol. The number of carbonyl (C=O) groups excluding carboxylic acids is 2. The van der Waals surface area contributed by atoms with Gasteiger partial charge in [0.2, 0.25) is 0 Å². The van der Waals surface area contributed by atoms with Crippen LogP contribution in [0.25, 0.3) is 10.4 Å². The first-order valence-corrected chi connectivity index (χ1v) is 8.75. The van der Waals surface area contributed by atoms with Gasteiger partial charge in [-0.3, -0.25) is 14.9 Å². The average molecular weight is 392 g/mol. The van der Waals surface area contributed by atoms with Crippen LogP contribution in [-0.4, -0.2) is 35.7 Å². The number of hydrogen-bond donors (Lipinski definition) is 5. The summed E-state index contributed by atoms with van der Waals surface area (Å²) in [5.41, 5.74) is 17.7. The van der Waals surface area contributed by atoms with Gasteiger partial charge in [0.05, 0.1) is 12.2 Å². The van der Waals surface area contributed by atoms with Crippen molar-refractivity contribution < 1.29 is 24.2 Å². The molecule has 144 valence electrons. The maximum absolute atomic E-state index is 11.5. The number of amides is 3. The number of primary amides is 2. The number of nitrogens with two attached hydrogens (primary N) is 3. The zero-order chi connectivity index (χ0) is 20.0. The van der Waals surface area contributed by atoms with Crippen LogP contribution in [0.4, 0.5) is 9.80 Å². The molecule has 0 aliphatic heterocycles. The van der Waals surface area contributed by atoms with Crippen molar-refractivity contribution in [3.63, 3.8) is 0 Å². The Balaban J connectivity index is 2.01. The number of carboxylic acids is 1. The summed E-state index contributed by atoms with van der Waals surface area (Å²) in [7, 11) is 0. The number of nitrogens with one attached hydrogen (secondary N) is 1. The molecule has 9 nitrogen and oxygen atoms in total. The molecule has 0 spiro atoms. The summed E-state index contributed by atoms with van der Waals surface area (Å²) in [4.78, 5) is 33.9. The van der Waals surface area contributed by atoms with E-state index in [-0.39, 0.29) is 18.6 Å². The van der Waals surface area contributed by atoms with Crippen molar-refractivity contribution in [3.05, 3.63) is 41.5 Å². The Morgan fingerprint density at radius 2 is 1.85 bits per heavy atom. The Morgan fingerprint density at radius 3 is 2.41 bits per heavy atom. The summed E-state index contributed by atoms with van der Waals surface area (Å²) in [5, 5.41) is 11.4. The van der Waals surface area contributed by atoms with Gasteiger partial charge in [-0.1, -0.05) is 24.3 Å². The van der Waals surface area contributed by atoms with Crippen LogP contribution in [0.15, 0.2) is 30.3 Å². The van der Waals surface area contributed by atoms with Crippen LogP contribution in [0, 0.1) is 0 Å². The zero-order valence-corrected chi connectivity index (χ0v) is 15.1. The van der Waals surface area contributed by atoms with E-state index in [1.165, 1.54) is 11.3 Å². The van der Waals surface area contributed by atoms with Crippen molar-refractivity contribution in [3.8, 4) is 10.4 Å². The lowest BCUT2D eigenvalue weighted by atomic mass is 10.1. The van der Waals surface area contributed by atoms with E-state index in [1.54, 1.807) is 6.07 Å². The second-order valence-electron chi connectivity index (χ2n) is 5.69. The number of urea groups is 1. The lowest BCUT2D eigenvalue weighted by Crippen LogP contribution is -2.31. The van der Waals surface area contributed by atoms with Gasteiger partial charge in [0, 0.05) is 11.5 Å². The maximum Gasteiger partial charge on any atom is 0.320 e. The number of thiophene rings is 1. The van der Waals surface area contributed by atoms with E-state index in [1.807, 2.05) is 24.3 Å². The van der Waals surface area contributed by atoms with E-state index in [0.717, 1.165) is 16.0 Å². The van der Waals surface area contributed by atoms with E-state index < -0.39 is 23.9 Å². The fourth-order valence-electron chi connectivity index (χ4n) is 2.21. The molecule has 1 aromatic carbocycles. The first kappa shape index (κ1) is 20.4. The highest BCUT2D eigenvalue weighted by molar-refractivity contribution is 7.20. The van der Waals surface area contributed by atoms with Crippen molar-refractivity contribution in [2.75, 3.05) is 11.9 Å². The molecule has 0 aliphatic carbocycles. The quantitative estimate of drug-likeness (QED) is 0.403. The number of hydrogen-bond acceptors (Lipinski definition) is 6. The third-order valence-corrected chi connectivity index (χ3v) is 4.73. The largest absolute Gasteiger partial charge is 0.480 e. The van der Waals surface area contributed by atoms with E-state index in [4.69, 9.17) is 27.0 Å². The van der Waals surface area contributed by atoms with Crippen LogP contribution in [0.2, 0.25) is 0 Å². The van der Waals surface area contributed by atoms with Gasteiger partial charge in [0.15, 0.2) is 0 Å². The van der Waals surface area contributed by atoms with E-state index in [2.05, 4.69) is 5.32 Å². The molecule has 0 saturated carbocycles. The Kier molecular flexibility index (Phi) is 6.88. The molecule has 8 N–H and O–H groups in total. The Morgan fingerprint density at radius 1 is 1.19 bits per heavy atom. The molecule has 0 radical (unpaired) electrons. The van der Waals surface area contributed by atoms with E-state index in [9.17, 15) is 14.4 Å². The molecule has 2 rings (SSSR count). The van der Waals surface area contributed by atoms with Crippen LogP contribution >= 0.6 is 11.3 Å². The lowest BCUT2D eigenvalue weighted by molar-refractivity contribution is -0.139. The van der Waals surface area contributed by atoms with Gasteiger partial charge < -0.3 is 27.0 Å². The number of benzene rings is 1. The van der Waals surface area contributed by atoms with Crippen molar-refractivity contribution in [1.82, 2.24) is 0 Å². The number of anilines is 1. The Labute approximate surface area is 159 Å². The highest BCUT2D eigenvalue weighted by atomic mass is 32.1. The lowest BCUT2D eigenvalue weighted by Gasteiger charge is -2.08. The third-order valence-electron chi connectivity index (χ3n) is 3.63. The van der Waals surface area contributed by atoms with Gasteiger partial charge in [-0.15, -0.1) is 11.3 Å².